The van der Waals surface area contributed by atoms with Crippen molar-refractivity contribution in [3.63, 3.8) is 0 Å². The minimum Gasteiger partial charge on any atom is -0.478 e. The Kier molecular flexibility index (Phi) is 12.5. The number of nitrogens with zero attached hydrogens (tertiary/aromatic N) is 3. The first-order valence-corrected chi connectivity index (χ1v) is 21.9. The Balaban J connectivity index is 1.44. The zero-order chi connectivity index (χ0) is 43.2. The number of aromatic nitrogens is 1. The number of amides is 4. The summed E-state index contributed by atoms with van der Waals surface area (Å²) in [5, 5.41) is 13.8. The molecular weight excluding hydrogens is 819 g/mol. The highest BCUT2D eigenvalue weighted by Gasteiger charge is 2.63. The summed E-state index contributed by atoms with van der Waals surface area (Å²) in [5.74, 6) is -4.46. The standard InChI is InChI=1S/C40H51ClF3N5O9S/c1-6-16-57-31-19-28-27(12-9-13-29(28)41)34(45-31)58-25-18-30-33(50)46-39(36(52)47-59(55,56)26-14-15-26)20-24(39)11-8-7-10-22(2)17-23(3)32(35(51)48(30)21-25)49(37(53)54)38(4,5)40(42,43)44/h8-9,11-13,19,22-26,30,32H,6-7,10,14-18,20-21H2,1-5H3,(H,46,50)(H,47,52)(H,53,54)/b11-8-/t22-,23+,24+,25+,30-,32-,39+/m0/s1. The first-order chi connectivity index (χ1) is 27.6. The molecule has 0 unspecified atom stereocenters. The van der Waals surface area contributed by atoms with E-state index in [1.165, 1.54) is 6.92 Å². The molecule has 1 aromatic heterocycles. The van der Waals surface area contributed by atoms with Crippen molar-refractivity contribution in [2.45, 2.75) is 127 Å². The van der Waals surface area contributed by atoms with Crippen molar-refractivity contribution in [1.82, 2.24) is 24.8 Å². The van der Waals surface area contributed by atoms with E-state index in [1.807, 2.05) is 13.8 Å². The number of allylic oxidation sites excluding steroid dienone is 1. The number of hydrogen-bond acceptors (Lipinski definition) is 9. The lowest BCUT2D eigenvalue weighted by Gasteiger charge is -2.45. The predicted molar refractivity (Wildman–Crippen MR) is 211 cm³/mol. The van der Waals surface area contributed by atoms with E-state index in [4.69, 9.17) is 21.1 Å². The number of pyridine rings is 1. The molecule has 324 valence electrons. The summed E-state index contributed by atoms with van der Waals surface area (Å²) in [6, 6.07) is 3.25. The lowest BCUT2D eigenvalue weighted by atomic mass is 9.85. The van der Waals surface area contributed by atoms with Gasteiger partial charge in [-0.3, -0.25) is 24.0 Å². The summed E-state index contributed by atoms with van der Waals surface area (Å²) in [4.78, 5) is 62.1. The monoisotopic (exact) mass is 869 g/mol. The predicted octanol–water partition coefficient (Wildman–Crippen LogP) is 6.21. The molecule has 7 atom stereocenters. The molecule has 2 saturated carbocycles. The molecular formula is C40H51ClF3N5O9S. The molecule has 0 radical (unpaired) electrons. The SMILES string of the molecule is CCCOc1cc2c(Cl)cccc2c(O[C@@H]2C[C@H]3C(=O)N[C@]4(C(=O)NS(=O)(=O)C5CC5)C[C@H]4/C=C\CC[C@H](C)C[C@@H](C)[C@H](N(C(=O)O)C(C)(C)C(F)(F)F)C(=O)N3C2)n1. The van der Waals surface area contributed by atoms with Gasteiger partial charge in [0.25, 0.3) is 5.91 Å². The van der Waals surface area contributed by atoms with Crippen LogP contribution in [-0.2, 0) is 24.4 Å². The number of alkyl halides is 3. The van der Waals surface area contributed by atoms with Crippen molar-refractivity contribution in [3.8, 4) is 11.8 Å². The second kappa shape index (κ2) is 16.6. The van der Waals surface area contributed by atoms with Crippen LogP contribution in [0.15, 0.2) is 36.4 Å². The van der Waals surface area contributed by atoms with E-state index >= 15 is 4.79 Å². The fourth-order valence-electron chi connectivity index (χ4n) is 8.20. The lowest BCUT2D eigenvalue weighted by molar-refractivity contribution is -0.222. The normalized spacial score (nSPS) is 28.7. The Bertz CT molecular complexity index is 2120. The molecule has 3 N–H and O–H groups in total. The number of hydrogen-bond donors (Lipinski definition) is 3. The zero-order valence-corrected chi connectivity index (χ0v) is 35.1. The van der Waals surface area contributed by atoms with Crippen molar-refractivity contribution in [3.05, 3.63) is 41.4 Å². The Morgan fingerprint density at radius 2 is 1.85 bits per heavy atom. The number of benzene rings is 1. The number of carboxylic acid groups (broad SMARTS) is 1. The average Bonchev–Trinajstić information content (AvgIpc) is 4.07. The van der Waals surface area contributed by atoms with Gasteiger partial charge in [0.05, 0.1) is 18.4 Å². The minimum atomic E-state index is -5.10. The molecule has 2 aliphatic carbocycles. The smallest absolute Gasteiger partial charge is 0.411 e. The lowest BCUT2D eigenvalue weighted by Crippen LogP contribution is -2.66. The second-order valence-corrected chi connectivity index (χ2v) is 19.2. The topological polar surface area (TPSA) is 185 Å². The van der Waals surface area contributed by atoms with Crippen molar-refractivity contribution in [2.75, 3.05) is 13.2 Å². The van der Waals surface area contributed by atoms with Gasteiger partial charge in [-0.2, -0.15) is 18.2 Å². The Morgan fingerprint density at radius 3 is 2.49 bits per heavy atom. The molecule has 2 aromatic rings. The molecule has 4 aliphatic rings. The Labute approximate surface area is 346 Å². The van der Waals surface area contributed by atoms with Gasteiger partial charge in [0.1, 0.15) is 29.3 Å². The number of rotatable bonds is 10. The minimum absolute atomic E-state index is 0.0364. The molecule has 59 heavy (non-hydrogen) atoms. The highest BCUT2D eigenvalue weighted by atomic mass is 35.5. The van der Waals surface area contributed by atoms with Gasteiger partial charge in [0.15, 0.2) is 0 Å². The van der Waals surface area contributed by atoms with E-state index in [0.717, 1.165) is 4.90 Å². The average molecular weight is 870 g/mol. The first kappa shape index (κ1) is 44.2. The maximum Gasteiger partial charge on any atom is 0.411 e. The number of ether oxygens (including phenoxy) is 2. The van der Waals surface area contributed by atoms with E-state index in [1.54, 1.807) is 36.4 Å². The van der Waals surface area contributed by atoms with Crippen LogP contribution in [0.4, 0.5) is 18.0 Å². The summed E-state index contributed by atoms with van der Waals surface area (Å²) >= 11 is 6.55. The van der Waals surface area contributed by atoms with Crippen LogP contribution in [0, 0.1) is 17.8 Å². The van der Waals surface area contributed by atoms with Gasteiger partial charge in [0.2, 0.25) is 33.6 Å². The summed E-state index contributed by atoms with van der Waals surface area (Å²) in [5.41, 5.74) is -4.76. The highest BCUT2D eigenvalue weighted by Crippen LogP contribution is 2.47. The number of halogens is 4. The second-order valence-electron chi connectivity index (χ2n) is 16.9. The molecule has 19 heteroatoms. The summed E-state index contributed by atoms with van der Waals surface area (Å²) in [7, 11) is -4.03. The van der Waals surface area contributed by atoms with Gasteiger partial charge < -0.3 is 24.8 Å². The van der Waals surface area contributed by atoms with Gasteiger partial charge in [-0.25, -0.2) is 13.2 Å². The van der Waals surface area contributed by atoms with Crippen LogP contribution in [-0.4, -0.2) is 106 Å². The molecule has 14 nitrogen and oxygen atoms in total. The maximum absolute atomic E-state index is 15.0. The van der Waals surface area contributed by atoms with E-state index in [2.05, 4.69) is 15.0 Å². The van der Waals surface area contributed by atoms with Crippen molar-refractivity contribution < 1.29 is 55.3 Å². The highest BCUT2D eigenvalue weighted by molar-refractivity contribution is 7.91. The number of sulfonamides is 1. The number of fused-ring (bicyclic) bond motifs is 3. The van der Waals surface area contributed by atoms with Crippen molar-refractivity contribution in [1.29, 1.82) is 0 Å². The summed E-state index contributed by atoms with van der Waals surface area (Å²) < 4.78 is 84.4. The van der Waals surface area contributed by atoms with Crippen LogP contribution in [0.5, 0.6) is 11.8 Å². The molecule has 2 aliphatic heterocycles. The van der Waals surface area contributed by atoms with Crippen molar-refractivity contribution in [2.24, 2.45) is 17.8 Å². The van der Waals surface area contributed by atoms with Crippen LogP contribution in [0.1, 0.15) is 86.0 Å². The van der Waals surface area contributed by atoms with Crippen LogP contribution in [0.3, 0.4) is 0 Å². The number of nitrogens with one attached hydrogen (secondary N) is 2. The zero-order valence-electron chi connectivity index (χ0n) is 33.6. The third-order valence-electron chi connectivity index (χ3n) is 11.8. The molecule has 1 aromatic carbocycles. The molecule has 1 saturated heterocycles. The summed E-state index contributed by atoms with van der Waals surface area (Å²) in [6.07, 6.45) is -2.27. The van der Waals surface area contributed by atoms with Crippen molar-refractivity contribution >= 4 is 56.2 Å². The van der Waals surface area contributed by atoms with E-state index < -0.39 is 92.9 Å². The summed E-state index contributed by atoms with van der Waals surface area (Å²) in [6.45, 7) is 6.57. The van der Waals surface area contributed by atoms with Gasteiger partial charge >= 0.3 is 12.3 Å². The first-order valence-electron chi connectivity index (χ1n) is 19.9. The fraction of sp³-hybridized carbons (Fsp3) is 0.625. The van der Waals surface area contributed by atoms with E-state index in [-0.39, 0.29) is 41.8 Å². The van der Waals surface area contributed by atoms with E-state index in [0.29, 0.717) is 68.4 Å². The fourth-order valence-corrected chi connectivity index (χ4v) is 9.79. The molecule has 3 heterocycles. The van der Waals surface area contributed by atoms with Gasteiger partial charge in [-0.15, -0.1) is 0 Å². The quantitative estimate of drug-likeness (QED) is 0.232. The Hall–Kier alpha value is -4.32. The van der Waals surface area contributed by atoms with E-state index in [9.17, 15) is 41.1 Å². The van der Waals surface area contributed by atoms with Gasteiger partial charge in [0, 0.05) is 34.2 Å². The largest absolute Gasteiger partial charge is 0.478 e. The molecule has 3 fully saturated rings. The molecule has 0 spiro atoms. The third-order valence-corrected chi connectivity index (χ3v) is 14.0. The maximum atomic E-state index is 15.0. The van der Waals surface area contributed by atoms with Gasteiger partial charge in [-0.1, -0.05) is 50.6 Å². The molecule has 4 amide bonds. The number of carbonyl (C=O) groups excluding carboxylic acids is 3. The number of carbonyl (C=O) groups is 4. The molecule has 0 bridgehead atoms. The van der Waals surface area contributed by atoms with Crippen LogP contribution >= 0.6 is 11.6 Å². The Morgan fingerprint density at radius 1 is 1.14 bits per heavy atom. The van der Waals surface area contributed by atoms with Crippen LogP contribution < -0.4 is 19.5 Å². The van der Waals surface area contributed by atoms with Crippen LogP contribution in [0.2, 0.25) is 5.02 Å². The molecule has 6 rings (SSSR count). The third kappa shape index (κ3) is 9.08. The van der Waals surface area contributed by atoms with Crippen LogP contribution in [0.25, 0.3) is 10.8 Å². The van der Waals surface area contributed by atoms with Gasteiger partial charge in [-0.05, 0) is 82.8 Å².